The van der Waals surface area contributed by atoms with Crippen LogP contribution in [0, 0.1) is 26.7 Å². The molecule has 0 radical (unpaired) electrons. The van der Waals surface area contributed by atoms with Crippen LogP contribution in [0.15, 0.2) is 109 Å². The van der Waals surface area contributed by atoms with E-state index in [1.54, 1.807) is 0 Å². The van der Waals surface area contributed by atoms with Crippen molar-refractivity contribution in [3.8, 4) is 0 Å². The average Bonchev–Trinajstić information content (AvgIpc) is 3.16. The largest absolute Gasteiger partial charge is 0.0619 e. The second-order valence-electron chi connectivity index (χ2n) is 10.0. The van der Waals surface area contributed by atoms with Gasteiger partial charge in [0.2, 0.25) is 0 Å². The Kier molecular flexibility index (Phi) is 4.92. The molecule has 0 heterocycles. The summed E-state index contributed by atoms with van der Waals surface area (Å²) < 4.78 is 0. The zero-order valence-electron chi connectivity index (χ0n) is 20.2. The molecule has 4 aromatic rings. The van der Waals surface area contributed by atoms with Crippen LogP contribution in [0.3, 0.4) is 0 Å². The van der Waals surface area contributed by atoms with Gasteiger partial charge in [-0.05, 0) is 66.2 Å². The van der Waals surface area contributed by atoms with Crippen LogP contribution in [-0.2, 0) is 5.41 Å². The predicted octanol–water partition coefficient (Wildman–Crippen LogP) is 8.45. The van der Waals surface area contributed by atoms with Gasteiger partial charge in [0.25, 0.3) is 0 Å². The molecule has 0 aromatic heterocycles. The fourth-order valence-electron chi connectivity index (χ4n) is 6.13. The first-order valence-corrected chi connectivity index (χ1v) is 12.3. The maximum Gasteiger partial charge on any atom is 0.0529 e. The lowest BCUT2D eigenvalue weighted by molar-refractivity contribution is 0.489. The molecule has 4 aromatic carbocycles. The van der Waals surface area contributed by atoms with E-state index in [1.165, 1.54) is 55.7 Å². The van der Waals surface area contributed by atoms with Crippen molar-refractivity contribution in [2.45, 2.75) is 32.6 Å². The molecule has 0 bridgehead atoms. The first kappa shape index (κ1) is 20.9. The fraction of sp³-hybridized carbons (Fsp3) is 0.176. The molecule has 34 heavy (non-hydrogen) atoms. The number of hydrogen-bond donors (Lipinski definition) is 0. The normalized spacial score (nSPS) is 18.0. The minimum absolute atomic E-state index is 0.214. The molecule has 0 saturated carbocycles. The molecule has 0 nitrogen and oxygen atoms in total. The van der Waals surface area contributed by atoms with Crippen molar-refractivity contribution in [2.24, 2.45) is 5.92 Å². The highest BCUT2D eigenvalue weighted by Gasteiger charge is 2.52. The van der Waals surface area contributed by atoms with E-state index in [1.807, 2.05) is 0 Å². The molecule has 0 aliphatic heterocycles. The molecule has 6 rings (SSSR count). The number of rotatable bonds is 3. The van der Waals surface area contributed by atoms with E-state index in [-0.39, 0.29) is 5.41 Å². The summed E-state index contributed by atoms with van der Waals surface area (Å²) >= 11 is 0. The van der Waals surface area contributed by atoms with Gasteiger partial charge in [-0.3, -0.25) is 0 Å². The molecule has 166 valence electrons. The molecule has 0 fully saturated rings. The SMILES string of the molecule is Cc1ccc(C2=CC=C3c4ccccc4C(c4ccc(C)cc4)(c4ccc(C)cc4)C3C2)cc1. The Morgan fingerprint density at radius 2 is 1.12 bits per heavy atom. The molecule has 2 aliphatic carbocycles. The Labute approximate surface area is 203 Å². The van der Waals surface area contributed by atoms with E-state index in [2.05, 4.69) is 130 Å². The third kappa shape index (κ3) is 3.13. The van der Waals surface area contributed by atoms with Gasteiger partial charge in [-0.25, -0.2) is 0 Å². The third-order valence-corrected chi connectivity index (χ3v) is 7.89. The molecule has 0 N–H and O–H groups in total. The molecule has 0 amide bonds. The summed E-state index contributed by atoms with van der Waals surface area (Å²) in [4.78, 5) is 0. The first-order valence-electron chi connectivity index (χ1n) is 12.3. The average molecular weight is 439 g/mol. The maximum atomic E-state index is 2.40. The highest BCUT2D eigenvalue weighted by Crippen LogP contribution is 2.60. The quantitative estimate of drug-likeness (QED) is 0.301. The van der Waals surface area contributed by atoms with Gasteiger partial charge in [0.15, 0.2) is 0 Å². The molecule has 1 unspecified atom stereocenters. The second-order valence-corrected chi connectivity index (χ2v) is 10.0. The fourth-order valence-corrected chi connectivity index (χ4v) is 6.13. The van der Waals surface area contributed by atoms with Gasteiger partial charge in [0, 0.05) is 5.92 Å². The molecule has 1 atom stereocenters. The highest BCUT2D eigenvalue weighted by molar-refractivity contribution is 5.88. The smallest absolute Gasteiger partial charge is 0.0529 e. The third-order valence-electron chi connectivity index (χ3n) is 7.89. The Morgan fingerprint density at radius 3 is 1.71 bits per heavy atom. The van der Waals surface area contributed by atoms with Crippen LogP contribution >= 0.6 is 0 Å². The zero-order valence-corrected chi connectivity index (χ0v) is 20.2. The molecule has 2 aliphatic rings. The van der Waals surface area contributed by atoms with Crippen molar-refractivity contribution in [1.29, 1.82) is 0 Å². The Hall–Kier alpha value is -3.64. The minimum Gasteiger partial charge on any atom is -0.0619 e. The lowest BCUT2D eigenvalue weighted by Gasteiger charge is -2.40. The molecular formula is C34H30. The standard InChI is InChI=1S/C34H30/c1-23-8-14-26(15-9-23)27-16-21-31-30-6-4-5-7-32(30)34(33(31)22-27,28-17-10-24(2)11-18-28)29-19-12-25(3)13-20-29/h4-21,33H,22H2,1-3H3. The van der Waals surface area contributed by atoms with Crippen LogP contribution < -0.4 is 0 Å². The summed E-state index contributed by atoms with van der Waals surface area (Å²) in [7, 11) is 0. The monoisotopic (exact) mass is 438 g/mol. The Balaban J connectivity index is 1.62. The lowest BCUT2D eigenvalue weighted by atomic mass is 9.62. The Morgan fingerprint density at radius 1 is 0.588 bits per heavy atom. The van der Waals surface area contributed by atoms with Crippen LogP contribution in [0.25, 0.3) is 11.1 Å². The van der Waals surface area contributed by atoms with Gasteiger partial charge in [-0.1, -0.05) is 126 Å². The van der Waals surface area contributed by atoms with E-state index in [0.29, 0.717) is 5.92 Å². The molecule has 0 saturated heterocycles. The molecule has 0 spiro atoms. The van der Waals surface area contributed by atoms with Gasteiger partial charge in [-0.15, -0.1) is 0 Å². The Bertz CT molecular complexity index is 1370. The van der Waals surface area contributed by atoms with E-state index in [4.69, 9.17) is 0 Å². The summed E-state index contributed by atoms with van der Waals surface area (Å²) in [6, 6.07) is 36.6. The molecule has 0 heteroatoms. The zero-order chi connectivity index (χ0) is 23.3. The van der Waals surface area contributed by atoms with Crippen molar-refractivity contribution in [3.05, 3.63) is 154 Å². The topological polar surface area (TPSA) is 0 Å². The van der Waals surface area contributed by atoms with Gasteiger partial charge in [-0.2, -0.15) is 0 Å². The predicted molar refractivity (Wildman–Crippen MR) is 144 cm³/mol. The van der Waals surface area contributed by atoms with E-state index in [0.717, 1.165) is 6.42 Å². The van der Waals surface area contributed by atoms with E-state index >= 15 is 0 Å². The van der Waals surface area contributed by atoms with Crippen LogP contribution in [0.1, 0.15) is 50.9 Å². The summed E-state index contributed by atoms with van der Waals surface area (Å²) in [5, 5.41) is 0. The van der Waals surface area contributed by atoms with Crippen LogP contribution in [0.2, 0.25) is 0 Å². The van der Waals surface area contributed by atoms with Crippen LogP contribution in [0.5, 0.6) is 0 Å². The van der Waals surface area contributed by atoms with Crippen LogP contribution in [-0.4, -0.2) is 0 Å². The van der Waals surface area contributed by atoms with Gasteiger partial charge >= 0.3 is 0 Å². The number of aryl methyl sites for hydroxylation is 3. The summed E-state index contributed by atoms with van der Waals surface area (Å²) in [5.41, 5.74) is 13.5. The summed E-state index contributed by atoms with van der Waals surface area (Å²) in [5.74, 6) is 0.344. The van der Waals surface area contributed by atoms with Gasteiger partial charge in [0.05, 0.1) is 5.41 Å². The van der Waals surface area contributed by atoms with Crippen molar-refractivity contribution in [2.75, 3.05) is 0 Å². The first-order chi connectivity index (χ1) is 16.6. The minimum atomic E-state index is -0.214. The molecular weight excluding hydrogens is 408 g/mol. The van der Waals surface area contributed by atoms with Crippen molar-refractivity contribution >= 4 is 11.1 Å². The van der Waals surface area contributed by atoms with Crippen molar-refractivity contribution < 1.29 is 0 Å². The number of fused-ring (bicyclic) bond motifs is 3. The number of hydrogen-bond acceptors (Lipinski definition) is 0. The van der Waals surface area contributed by atoms with Crippen molar-refractivity contribution in [3.63, 3.8) is 0 Å². The summed E-state index contributed by atoms with van der Waals surface area (Å²) in [6.07, 6.45) is 5.77. The second kappa shape index (κ2) is 7.99. The number of allylic oxidation sites excluding steroid dienone is 4. The van der Waals surface area contributed by atoms with E-state index < -0.39 is 0 Å². The van der Waals surface area contributed by atoms with Gasteiger partial charge in [0.1, 0.15) is 0 Å². The summed E-state index contributed by atoms with van der Waals surface area (Å²) in [6.45, 7) is 6.51. The highest BCUT2D eigenvalue weighted by atomic mass is 14.5. The van der Waals surface area contributed by atoms with E-state index in [9.17, 15) is 0 Å². The van der Waals surface area contributed by atoms with Crippen molar-refractivity contribution in [1.82, 2.24) is 0 Å². The lowest BCUT2D eigenvalue weighted by Crippen LogP contribution is -2.35. The number of benzene rings is 4. The van der Waals surface area contributed by atoms with Gasteiger partial charge < -0.3 is 0 Å². The maximum absolute atomic E-state index is 2.40. The van der Waals surface area contributed by atoms with Crippen LogP contribution in [0.4, 0.5) is 0 Å².